The van der Waals surface area contributed by atoms with E-state index in [1.54, 1.807) is 0 Å². The summed E-state index contributed by atoms with van der Waals surface area (Å²) in [7, 11) is 0. The molecule has 2 aromatic rings. The predicted octanol–water partition coefficient (Wildman–Crippen LogP) is 3.05. The number of aliphatic hydroxyl groups excluding tert-OH is 1. The fourth-order valence-corrected chi connectivity index (χ4v) is 2.70. The number of benzene rings is 1. The van der Waals surface area contributed by atoms with Crippen LogP contribution in [0.25, 0.3) is 10.9 Å². The molecule has 0 radical (unpaired) electrons. The first-order chi connectivity index (χ1) is 10.6. The molecule has 0 spiro atoms. The van der Waals surface area contributed by atoms with Crippen LogP contribution in [-0.2, 0) is 0 Å². The number of aryl methyl sites for hydroxylation is 1. The van der Waals surface area contributed by atoms with E-state index in [4.69, 9.17) is 5.11 Å². The molecule has 2 N–H and O–H groups in total. The van der Waals surface area contributed by atoms with Gasteiger partial charge in [0.2, 0.25) is 0 Å². The number of aromatic nitrogens is 1. The second-order valence-corrected chi connectivity index (χ2v) is 5.98. The van der Waals surface area contributed by atoms with Gasteiger partial charge in [-0.2, -0.15) is 0 Å². The molecule has 2 rings (SSSR count). The molecular formula is C18H27N3O. The molecule has 0 amide bonds. The van der Waals surface area contributed by atoms with Crippen molar-refractivity contribution in [2.75, 3.05) is 31.6 Å². The van der Waals surface area contributed by atoms with Crippen LogP contribution in [0.5, 0.6) is 0 Å². The molecule has 4 nitrogen and oxygen atoms in total. The van der Waals surface area contributed by atoms with Crippen molar-refractivity contribution in [1.29, 1.82) is 0 Å². The molecule has 0 saturated heterocycles. The van der Waals surface area contributed by atoms with Crippen molar-refractivity contribution >= 4 is 16.7 Å². The van der Waals surface area contributed by atoms with Crippen molar-refractivity contribution in [2.45, 2.75) is 33.2 Å². The summed E-state index contributed by atoms with van der Waals surface area (Å²) in [4.78, 5) is 6.95. The van der Waals surface area contributed by atoms with Crippen molar-refractivity contribution in [3.8, 4) is 0 Å². The Morgan fingerprint density at radius 2 is 2.00 bits per heavy atom. The van der Waals surface area contributed by atoms with Gasteiger partial charge in [0, 0.05) is 31.1 Å². The van der Waals surface area contributed by atoms with Crippen LogP contribution < -0.4 is 5.32 Å². The van der Waals surface area contributed by atoms with Gasteiger partial charge in [0.25, 0.3) is 0 Å². The maximum Gasteiger partial charge on any atom is 0.126 e. The van der Waals surface area contributed by atoms with Crippen molar-refractivity contribution in [3.63, 3.8) is 0 Å². The summed E-state index contributed by atoms with van der Waals surface area (Å²) in [6.07, 6.45) is 1.03. The number of nitrogens with zero attached hydrogens (tertiary/aromatic N) is 2. The van der Waals surface area contributed by atoms with E-state index in [1.165, 1.54) is 10.9 Å². The minimum absolute atomic E-state index is 0.219. The summed E-state index contributed by atoms with van der Waals surface area (Å²) in [6.45, 7) is 9.28. The highest BCUT2D eigenvalue weighted by molar-refractivity contribution is 5.83. The normalized spacial score (nSPS) is 11.5. The van der Waals surface area contributed by atoms with Gasteiger partial charge >= 0.3 is 0 Å². The van der Waals surface area contributed by atoms with Crippen LogP contribution in [0, 0.1) is 6.92 Å². The topological polar surface area (TPSA) is 48.4 Å². The molecule has 0 saturated carbocycles. The maximum absolute atomic E-state index is 9.08. The van der Waals surface area contributed by atoms with Gasteiger partial charge in [0.05, 0.1) is 12.1 Å². The molecule has 1 heterocycles. The molecule has 120 valence electrons. The standard InChI is InChI=1S/C18H27N3O/c1-14(2)21(11-12-22)10-6-9-19-18-13-15(3)16-7-4-5-8-17(16)20-18/h4-5,7-8,13-14,22H,6,9-12H2,1-3H3,(H,19,20). The molecule has 1 aromatic carbocycles. The van der Waals surface area contributed by atoms with E-state index < -0.39 is 0 Å². The molecule has 0 aliphatic rings. The van der Waals surface area contributed by atoms with Crippen LogP contribution in [0.15, 0.2) is 30.3 Å². The number of nitrogens with one attached hydrogen (secondary N) is 1. The Bertz CT molecular complexity index is 598. The zero-order chi connectivity index (χ0) is 15.9. The van der Waals surface area contributed by atoms with Crippen LogP contribution >= 0.6 is 0 Å². The SMILES string of the molecule is Cc1cc(NCCCN(CCO)C(C)C)nc2ccccc12. The molecule has 4 heteroatoms. The number of fused-ring (bicyclic) bond motifs is 1. The second kappa shape index (κ2) is 8.11. The lowest BCUT2D eigenvalue weighted by Gasteiger charge is -2.25. The van der Waals surface area contributed by atoms with Gasteiger partial charge in [0.15, 0.2) is 0 Å². The van der Waals surface area contributed by atoms with E-state index >= 15 is 0 Å². The first-order valence-electron chi connectivity index (χ1n) is 8.07. The number of anilines is 1. The minimum Gasteiger partial charge on any atom is -0.395 e. The minimum atomic E-state index is 0.219. The monoisotopic (exact) mass is 301 g/mol. The van der Waals surface area contributed by atoms with Crippen LogP contribution in [0.1, 0.15) is 25.8 Å². The Hall–Kier alpha value is -1.65. The molecule has 22 heavy (non-hydrogen) atoms. The van der Waals surface area contributed by atoms with Gasteiger partial charge in [-0.3, -0.25) is 4.90 Å². The van der Waals surface area contributed by atoms with Crippen LogP contribution in [0.2, 0.25) is 0 Å². The van der Waals surface area contributed by atoms with E-state index in [1.807, 2.05) is 12.1 Å². The van der Waals surface area contributed by atoms with E-state index in [-0.39, 0.29) is 6.61 Å². The second-order valence-electron chi connectivity index (χ2n) is 5.98. The number of para-hydroxylation sites is 1. The smallest absolute Gasteiger partial charge is 0.126 e. The summed E-state index contributed by atoms with van der Waals surface area (Å²) >= 11 is 0. The number of rotatable bonds is 8. The van der Waals surface area contributed by atoms with Crippen molar-refractivity contribution in [2.24, 2.45) is 0 Å². The third-order valence-corrected chi connectivity index (χ3v) is 3.97. The zero-order valence-electron chi connectivity index (χ0n) is 13.8. The van der Waals surface area contributed by atoms with E-state index in [9.17, 15) is 0 Å². The van der Waals surface area contributed by atoms with Gasteiger partial charge in [0.1, 0.15) is 5.82 Å². The molecule has 0 fully saturated rings. The first kappa shape index (κ1) is 16.7. The summed E-state index contributed by atoms with van der Waals surface area (Å²) in [5.41, 5.74) is 2.28. The van der Waals surface area contributed by atoms with Crippen LogP contribution in [0.3, 0.4) is 0 Å². The highest BCUT2D eigenvalue weighted by Crippen LogP contribution is 2.19. The summed E-state index contributed by atoms with van der Waals surface area (Å²) in [5.74, 6) is 0.939. The quantitative estimate of drug-likeness (QED) is 0.736. The fourth-order valence-electron chi connectivity index (χ4n) is 2.70. The third-order valence-electron chi connectivity index (χ3n) is 3.97. The average molecular weight is 301 g/mol. The van der Waals surface area contributed by atoms with Crippen LogP contribution in [-0.4, -0.2) is 47.3 Å². The number of aliphatic hydroxyl groups is 1. The number of hydrogen-bond acceptors (Lipinski definition) is 4. The molecule has 0 bridgehead atoms. The molecule has 0 aliphatic carbocycles. The molecule has 0 unspecified atom stereocenters. The van der Waals surface area contributed by atoms with Gasteiger partial charge in [-0.05, 0) is 44.9 Å². The molecule has 0 atom stereocenters. The Balaban J connectivity index is 1.89. The lowest BCUT2D eigenvalue weighted by atomic mass is 10.1. The Morgan fingerprint density at radius 1 is 1.23 bits per heavy atom. The number of hydrogen-bond donors (Lipinski definition) is 2. The maximum atomic E-state index is 9.08. The Labute approximate surface area is 133 Å². The van der Waals surface area contributed by atoms with E-state index in [0.29, 0.717) is 6.04 Å². The highest BCUT2D eigenvalue weighted by atomic mass is 16.3. The van der Waals surface area contributed by atoms with Crippen molar-refractivity contribution in [1.82, 2.24) is 9.88 Å². The van der Waals surface area contributed by atoms with E-state index in [2.05, 4.69) is 54.2 Å². The Morgan fingerprint density at radius 3 is 2.73 bits per heavy atom. The van der Waals surface area contributed by atoms with Gasteiger partial charge in [-0.1, -0.05) is 18.2 Å². The van der Waals surface area contributed by atoms with Crippen molar-refractivity contribution < 1.29 is 5.11 Å². The lowest BCUT2D eigenvalue weighted by molar-refractivity contribution is 0.165. The van der Waals surface area contributed by atoms with Gasteiger partial charge < -0.3 is 10.4 Å². The fraction of sp³-hybridized carbons (Fsp3) is 0.500. The Kier molecular flexibility index (Phi) is 6.16. The summed E-state index contributed by atoms with van der Waals surface area (Å²) in [6, 6.07) is 10.8. The van der Waals surface area contributed by atoms with Crippen LogP contribution in [0.4, 0.5) is 5.82 Å². The van der Waals surface area contributed by atoms with Gasteiger partial charge in [-0.15, -0.1) is 0 Å². The molecular weight excluding hydrogens is 274 g/mol. The van der Waals surface area contributed by atoms with Crippen molar-refractivity contribution in [3.05, 3.63) is 35.9 Å². The van der Waals surface area contributed by atoms with Gasteiger partial charge in [-0.25, -0.2) is 4.98 Å². The largest absolute Gasteiger partial charge is 0.395 e. The lowest BCUT2D eigenvalue weighted by Crippen LogP contribution is -2.35. The zero-order valence-corrected chi connectivity index (χ0v) is 13.8. The molecule has 0 aliphatic heterocycles. The predicted molar refractivity (Wildman–Crippen MR) is 93.4 cm³/mol. The average Bonchev–Trinajstić information content (AvgIpc) is 2.50. The first-order valence-corrected chi connectivity index (χ1v) is 8.07. The summed E-state index contributed by atoms with van der Waals surface area (Å²) < 4.78 is 0. The van der Waals surface area contributed by atoms with E-state index in [0.717, 1.165) is 37.4 Å². The highest BCUT2D eigenvalue weighted by Gasteiger charge is 2.08. The summed E-state index contributed by atoms with van der Waals surface area (Å²) in [5, 5.41) is 13.7. The molecule has 1 aromatic heterocycles. The number of pyridine rings is 1. The third kappa shape index (κ3) is 4.42.